The first-order chi connectivity index (χ1) is 13.8. The molecule has 0 saturated heterocycles. The van der Waals surface area contributed by atoms with E-state index in [0.29, 0.717) is 34.2 Å². The predicted molar refractivity (Wildman–Crippen MR) is 108 cm³/mol. The minimum atomic E-state index is -0.597. The second-order valence-corrected chi connectivity index (χ2v) is 6.81. The molecule has 0 radical (unpaired) electrons. The van der Waals surface area contributed by atoms with E-state index in [2.05, 4.69) is 4.74 Å². The topological polar surface area (TPSA) is 103 Å². The molecule has 0 fully saturated rings. The number of hydrogen-bond acceptors (Lipinski definition) is 6. The average Bonchev–Trinajstić information content (AvgIpc) is 2.73. The third-order valence-electron chi connectivity index (χ3n) is 5.08. The summed E-state index contributed by atoms with van der Waals surface area (Å²) in [6, 6.07) is 9.41. The SMILES string of the molecule is COC(=O)Cc1c(C)c2cc(C[NH2+]c3ccc(OC)cc3)c(O)c(C)c2oc1=O.[Cl-]. The molecule has 160 valence electrons. The number of rotatable bonds is 6. The molecule has 2 aromatic carbocycles. The van der Waals surface area contributed by atoms with Gasteiger partial charge in [-0.1, -0.05) is 0 Å². The van der Waals surface area contributed by atoms with Crippen molar-refractivity contribution in [3.05, 3.63) is 63.0 Å². The molecule has 0 aliphatic carbocycles. The molecule has 0 bridgehead atoms. The van der Waals surface area contributed by atoms with E-state index < -0.39 is 11.6 Å². The zero-order valence-corrected chi connectivity index (χ0v) is 18.0. The molecule has 8 heteroatoms. The monoisotopic (exact) mass is 433 g/mol. The Balaban J connectivity index is 0.00000320. The first-order valence-corrected chi connectivity index (χ1v) is 9.17. The van der Waals surface area contributed by atoms with Gasteiger partial charge in [0.05, 0.1) is 26.2 Å². The lowest BCUT2D eigenvalue weighted by molar-refractivity contribution is -0.588. The number of hydrogen-bond donors (Lipinski definition) is 2. The van der Waals surface area contributed by atoms with Crippen LogP contribution in [-0.4, -0.2) is 25.3 Å². The fourth-order valence-corrected chi connectivity index (χ4v) is 3.28. The maximum absolute atomic E-state index is 12.3. The summed E-state index contributed by atoms with van der Waals surface area (Å²) >= 11 is 0. The summed E-state index contributed by atoms with van der Waals surface area (Å²) in [5, 5.41) is 13.3. The van der Waals surface area contributed by atoms with Crippen molar-refractivity contribution >= 4 is 22.6 Å². The van der Waals surface area contributed by atoms with Crippen molar-refractivity contribution in [2.45, 2.75) is 26.8 Å². The van der Waals surface area contributed by atoms with Gasteiger partial charge in [-0.3, -0.25) is 4.79 Å². The van der Waals surface area contributed by atoms with Crippen molar-refractivity contribution in [1.82, 2.24) is 0 Å². The normalized spacial score (nSPS) is 10.5. The van der Waals surface area contributed by atoms with Crippen molar-refractivity contribution in [1.29, 1.82) is 0 Å². The highest BCUT2D eigenvalue weighted by Crippen LogP contribution is 2.32. The number of fused-ring (bicyclic) bond motifs is 1. The van der Waals surface area contributed by atoms with Gasteiger partial charge >= 0.3 is 11.6 Å². The van der Waals surface area contributed by atoms with Crippen LogP contribution >= 0.6 is 0 Å². The van der Waals surface area contributed by atoms with Gasteiger partial charge in [-0.2, -0.15) is 0 Å². The van der Waals surface area contributed by atoms with Crippen molar-refractivity contribution in [2.24, 2.45) is 0 Å². The lowest BCUT2D eigenvalue weighted by atomic mass is 9.98. The van der Waals surface area contributed by atoms with Gasteiger partial charge in [-0.05, 0) is 37.6 Å². The molecule has 0 amide bonds. The Labute approximate surface area is 180 Å². The molecule has 0 unspecified atom stereocenters. The molecule has 0 spiro atoms. The third-order valence-corrected chi connectivity index (χ3v) is 5.08. The minimum Gasteiger partial charge on any atom is -1.00 e. The van der Waals surface area contributed by atoms with Crippen LogP contribution in [0.5, 0.6) is 11.5 Å². The maximum Gasteiger partial charge on any atom is 0.340 e. The molecule has 30 heavy (non-hydrogen) atoms. The predicted octanol–water partition coefficient (Wildman–Crippen LogP) is -0.761. The first-order valence-electron chi connectivity index (χ1n) is 9.17. The Bertz CT molecular complexity index is 1120. The van der Waals surface area contributed by atoms with Gasteiger partial charge in [-0.15, -0.1) is 0 Å². The molecule has 1 aromatic heterocycles. The van der Waals surface area contributed by atoms with Crippen molar-refractivity contribution in [3.8, 4) is 11.5 Å². The third kappa shape index (κ3) is 4.58. The van der Waals surface area contributed by atoms with E-state index in [1.807, 2.05) is 29.6 Å². The number of phenols is 1. The highest BCUT2D eigenvalue weighted by atomic mass is 35.5. The van der Waals surface area contributed by atoms with E-state index in [1.165, 1.54) is 7.11 Å². The number of benzene rings is 2. The highest BCUT2D eigenvalue weighted by Gasteiger charge is 2.20. The number of phenolic OH excluding ortho intramolecular Hbond substituents is 1. The van der Waals surface area contributed by atoms with Gasteiger partial charge in [0.1, 0.15) is 29.3 Å². The van der Waals surface area contributed by atoms with Gasteiger partial charge < -0.3 is 36.7 Å². The molecule has 1 heterocycles. The zero-order chi connectivity index (χ0) is 21.1. The number of halogens is 1. The largest absolute Gasteiger partial charge is 1.00 e. The quantitative estimate of drug-likeness (QED) is 0.301. The summed E-state index contributed by atoms with van der Waals surface area (Å²) in [7, 11) is 2.89. The van der Waals surface area contributed by atoms with Crippen LogP contribution in [0.1, 0.15) is 22.3 Å². The van der Waals surface area contributed by atoms with Crippen LogP contribution in [0, 0.1) is 13.8 Å². The Morgan fingerprint density at radius 2 is 1.80 bits per heavy atom. The van der Waals surface area contributed by atoms with Crippen LogP contribution in [0.4, 0.5) is 5.69 Å². The van der Waals surface area contributed by atoms with Crippen LogP contribution in [-0.2, 0) is 22.5 Å². The summed E-state index contributed by atoms with van der Waals surface area (Å²) < 4.78 is 15.3. The van der Waals surface area contributed by atoms with E-state index >= 15 is 0 Å². The highest BCUT2D eigenvalue weighted by molar-refractivity contribution is 5.87. The van der Waals surface area contributed by atoms with Crippen LogP contribution in [0.15, 0.2) is 39.5 Å². The van der Waals surface area contributed by atoms with Gasteiger partial charge in [0.2, 0.25) is 0 Å². The maximum atomic E-state index is 12.3. The molecule has 0 atom stereocenters. The van der Waals surface area contributed by atoms with Crippen molar-refractivity contribution in [3.63, 3.8) is 0 Å². The van der Waals surface area contributed by atoms with Crippen molar-refractivity contribution in [2.75, 3.05) is 14.2 Å². The number of aryl methyl sites for hydroxylation is 2. The van der Waals surface area contributed by atoms with E-state index in [-0.39, 0.29) is 30.1 Å². The average molecular weight is 434 g/mol. The number of aromatic hydroxyl groups is 1. The fraction of sp³-hybridized carbons (Fsp3) is 0.273. The van der Waals surface area contributed by atoms with Gasteiger partial charge in [-0.25, -0.2) is 4.79 Å². The second-order valence-electron chi connectivity index (χ2n) is 6.81. The summed E-state index contributed by atoms with van der Waals surface area (Å²) in [6.45, 7) is 3.96. The van der Waals surface area contributed by atoms with Crippen LogP contribution in [0.25, 0.3) is 11.0 Å². The summed E-state index contributed by atoms with van der Waals surface area (Å²) in [5.41, 5.74) is 2.82. The zero-order valence-electron chi connectivity index (χ0n) is 17.2. The molecule has 0 aliphatic rings. The number of ether oxygens (including phenoxy) is 2. The Kier molecular flexibility index (Phi) is 7.48. The molecule has 0 saturated carbocycles. The lowest BCUT2D eigenvalue weighted by Crippen LogP contribution is -3.00. The molecular formula is C22H24ClNO6. The van der Waals surface area contributed by atoms with E-state index in [4.69, 9.17) is 9.15 Å². The van der Waals surface area contributed by atoms with Gasteiger partial charge in [0, 0.05) is 28.6 Å². The number of esters is 1. The van der Waals surface area contributed by atoms with Gasteiger partial charge in [0.25, 0.3) is 0 Å². The Hall–Kier alpha value is -3.03. The number of carbonyl (C=O) groups is 1. The minimum absolute atomic E-state index is 0. The summed E-state index contributed by atoms with van der Waals surface area (Å²) in [5.74, 6) is 0.351. The van der Waals surface area contributed by atoms with Crippen LogP contribution < -0.4 is 28.1 Å². The van der Waals surface area contributed by atoms with E-state index in [1.54, 1.807) is 27.0 Å². The number of nitrogens with two attached hydrogens (primary N) is 1. The molecule has 7 nitrogen and oxygen atoms in total. The summed E-state index contributed by atoms with van der Waals surface area (Å²) in [6.07, 6.45) is -0.159. The number of methoxy groups -OCH3 is 2. The molecule has 0 aliphatic heterocycles. The first kappa shape index (κ1) is 23.3. The second kappa shape index (κ2) is 9.65. The molecule has 3 aromatic rings. The van der Waals surface area contributed by atoms with E-state index in [0.717, 1.165) is 11.4 Å². The Morgan fingerprint density at radius 1 is 1.13 bits per heavy atom. The number of carbonyl (C=O) groups excluding carboxylic acids is 1. The standard InChI is InChI=1S/C22H23NO6.ClH/c1-12-17-9-14(11-23-15-5-7-16(27-3)8-6-15)20(25)13(2)21(17)29-22(26)18(12)10-19(24)28-4;/h5-9,23,25H,10-11H2,1-4H3;1H. The smallest absolute Gasteiger partial charge is 0.340 e. The lowest BCUT2D eigenvalue weighted by Gasteiger charge is -2.13. The molecule has 3 N–H and O–H groups in total. The van der Waals surface area contributed by atoms with Crippen LogP contribution in [0.2, 0.25) is 0 Å². The summed E-state index contributed by atoms with van der Waals surface area (Å²) in [4.78, 5) is 24.0. The Morgan fingerprint density at radius 3 is 2.40 bits per heavy atom. The van der Waals surface area contributed by atoms with Gasteiger partial charge in [0.15, 0.2) is 0 Å². The molecular weight excluding hydrogens is 410 g/mol. The number of quaternary nitrogens is 1. The molecule has 3 rings (SSSR count). The van der Waals surface area contributed by atoms with Crippen LogP contribution in [0.3, 0.4) is 0 Å². The van der Waals surface area contributed by atoms with E-state index in [9.17, 15) is 14.7 Å². The van der Waals surface area contributed by atoms with Crippen molar-refractivity contribution < 1.29 is 41.5 Å². The fourth-order valence-electron chi connectivity index (χ4n) is 3.28.